The predicted octanol–water partition coefficient (Wildman–Crippen LogP) is -0.697. The maximum Gasteiger partial charge on any atom is 0.177 e. The Labute approximate surface area is 113 Å². The third-order valence-electron chi connectivity index (χ3n) is 2.40. The number of carboxylic acid groups (broad SMARTS) is 1. The molecule has 18 heavy (non-hydrogen) atoms. The van der Waals surface area contributed by atoms with Gasteiger partial charge in [-0.2, -0.15) is 0 Å². The lowest BCUT2D eigenvalue weighted by Crippen LogP contribution is -2.56. The molecular weight excluding hydrogens is 254 g/mol. The average molecular weight is 275 g/mol. The second-order valence-corrected chi connectivity index (χ2v) is 6.35. The van der Waals surface area contributed by atoms with Gasteiger partial charge >= 0.3 is 0 Å². The van der Waals surface area contributed by atoms with E-state index in [4.69, 9.17) is 12.2 Å². The number of carbonyl (C=O) groups excluding carboxylic acids is 2. The van der Waals surface area contributed by atoms with Gasteiger partial charge < -0.3 is 19.5 Å². The number of carboxylic acids is 1. The fourth-order valence-electron chi connectivity index (χ4n) is 1.79. The van der Waals surface area contributed by atoms with E-state index in [0.29, 0.717) is 11.3 Å². The Morgan fingerprint density at radius 1 is 1.28 bits per heavy atom. The number of Topliss-reactive ketones (excluding diaryl/α,β-unsaturated/α-hetero) is 1. The molecule has 0 bridgehead atoms. The molecule has 104 valence electrons. The summed E-state index contributed by atoms with van der Waals surface area (Å²) >= 11 is 4.87. The Bertz CT molecular complexity index is 348. The second kappa shape index (κ2) is 6.36. The van der Waals surface area contributed by atoms with Crippen LogP contribution in [0.2, 0.25) is 0 Å². The summed E-state index contributed by atoms with van der Waals surface area (Å²) in [4.78, 5) is 23.3. The van der Waals surface area contributed by atoms with Crippen LogP contribution in [0.5, 0.6) is 0 Å². The lowest BCUT2D eigenvalue weighted by atomic mass is 9.90. The monoisotopic (exact) mass is 275 g/mol. The summed E-state index contributed by atoms with van der Waals surface area (Å²) in [6.45, 7) is 1.73. The van der Waals surface area contributed by atoms with Crippen molar-refractivity contribution >= 4 is 28.8 Å². The van der Waals surface area contributed by atoms with Crippen LogP contribution in [-0.4, -0.2) is 59.5 Å². The summed E-state index contributed by atoms with van der Waals surface area (Å²) in [6, 6.07) is 0. The Balaban J connectivity index is 4.90. The Kier molecular flexibility index (Phi) is 6.06. The van der Waals surface area contributed by atoms with E-state index in [9.17, 15) is 19.8 Å². The highest BCUT2D eigenvalue weighted by Crippen LogP contribution is 2.18. The Morgan fingerprint density at radius 2 is 1.78 bits per heavy atom. The van der Waals surface area contributed by atoms with Crippen molar-refractivity contribution in [3.05, 3.63) is 0 Å². The highest BCUT2D eigenvalue weighted by molar-refractivity contribution is 7.80. The van der Waals surface area contributed by atoms with Gasteiger partial charge in [0.25, 0.3) is 0 Å². The van der Waals surface area contributed by atoms with Crippen molar-refractivity contribution < 1.29 is 24.3 Å². The van der Waals surface area contributed by atoms with Crippen molar-refractivity contribution in [2.24, 2.45) is 0 Å². The Morgan fingerprint density at radius 3 is 2.11 bits per heavy atom. The number of aliphatic carboxylic acids is 1. The molecule has 0 saturated heterocycles. The molecule has 0 aliphatic rings. The van der Waals surface area contributed by atoms with Gasteiger partial charge in [0.1, 0.15) is 6.54 Å². The van der Waals surface area contributed by atoms with E-state index < -0.39 is 23.8 Å². The first-order chi connectivity index (χ1) is 7.96. The van der Waals surface area contributed by atoms with Crippen LogP contribution in [0.1, 0.15) is 26.2 Å². The van der Waals surface area contributed by atoms with E-state index in [2.05, 4.69) is 0 Å². The lowest BCUT2D eigenvalue weighted by molar-refractivity contribution is -0.875. The highest BCUT2D eigenvalue weighted by atomic mass is 32.1. The van der Waals surface area contributed by atoms with Gasteiger partial charge in [-0.15, -0.1) is 0 Å². The number of aliphatic hydroxyl groups is 1. The van der Waals surface area contributed by atoms with Crippen LogP contribution in [0, 0.1) is 0 Å². The number of rotatable bonds is 8. The quantitative estimate of drug-likeness (QED) is 0.468. The number of quaternary nitrogens is 1. The molecule has 5 nitrogen and oxygen atoms in total. The molecule has 0 heterocycles. The van der Waals surface area contributed by atoms with Crippen molar-refractivity contribution in [3.8, 4) is 0 Å². The summed E-state index contributed by atoms with van der Waals surface area (Å²) in [5.74, 6) is -1.93. The summed E-state index contributed by atoms with van der Waals surface area (Å²) in [7, 11) is 5.33. The van der Waals surface area contributed by atoms with E-state index in [0.717, 1.165) is 0 Å². The van der Waals surface area contributed by atoms with Gasteiger partial charge in [-0.3, -0.25) is 4.79 Å². The first-order valence-corrected chi connectivity index (χ1v) is 6.12. The van der Waals surface area contributed by atoms with Gasteiger partial charge in [0.2, 0.25) is 0 Å². The van der Waals surface area contributed by atoms with Crippen molar-refractivity contribution in [2.45, 2.75) is 31.8 Å². The maximum absolute atomic E-state index is 12.0. The summed E-state index contributed by atoms with van der Waals surface area (Å²) in [6.07, 6.45) is -0.252. The number of hydrogen-bond donors (Lipinski definition) is 1. The molecule has 0 aromatic rings. The lowest BCUT2D eigenvalue weighted by Gasteiger charge is -2.34. The minimum absolute atomic E-state index is 0.0241. The van der Waals surface area contributed by atoms with Crippen LogP contribution in [0.15, 0.2) is 0 Å². The van der Waals surface area contributed by atoms with Gasteiger partial charge in [0.05, 0.1) is 21.1 Å². The average Bonchev–Trinajstić information content (AvgIpc) is 2.09. The summed E-state index contributed by atoms with van der Waals surface area (Å²) in [5, 5.41) is 21.0. The second-order valence-electron chi connectivity index (χ2n) is 5.65. The fourth-order valence-corrected chi connectivity index (χ4v) is 1.89. The van der Waals surface area contributed by atoms with Crippen LogP contribution in [-0.2, 0) is 9.59 Å². The van der Waals surface area contributed by atoms with Crippen molar-refractivity contribution in [1.29, 1.82) is 0 Å². The molecule has 1 atom stereocenters. The third kappa shape index (κ3) is 6.78. The van der Waals surface area contributed by atoms with Crippen LogP contribution < -0.4 is 5.11 Å². The number of likely N-dealkylation sites (N-methyl/N-ethyl adjacent to an activating group) is 1. The molecule has 0 rings (SSSR count). The maximum atomic E-state index is 12.0. The molecule has 0 aromatic heterocycles. The molecule has 0 radical (unpaired) electrons. The van der Waals surface area contributed by atoms with Crippen molar-refractivity contribution in [2.75, 3.05) is 27.7 Å². The van der Waals surface area contributed by atoms with Gasteiger partial charge in [0.15, 0.2) is 11.4 Å². The molecule has 0 saturated carbocycles. The third-order valence-corrected chi connectivity index (χ3v) is 2.60. The largest absolute Gasteiger partial charge is 0.550 e. The van der Waals surface area contributed by atoms with E-state index in [1.807, 2.05) is 0 Å². The Hall–Kier alpha value is -0.850. The van der Waals surface area contributed by atoms with E-state index in [1.165, 1.54) is 0 Å². The number of hydrogen-bond acceptors (Lipinski definition) is 5. The molecular formula is C12H21NO4S. The minimum atomic E-state index is -1.89. The summed E-state index contributed by atoms with van der Waals surface area (Å²) in [5.41, 5.74) is -1.89. The zero-order valence-electron chi connectivity index (χ0n) is 11.4. The number of thiocarbonyl (C=S) groups is 1. The molecule has 0 amide bonds. The molecule has 0 spiro atoms. The minimum Gasteiger partial charge on any atom is -0.550 e. The van der Waals surface area contributed by atoms with E-state index in [1.54, 1.807) is 28.1 Å². The van der Waals surface area contributed by atoms with E-state index in [-0.39, 0.29) is 17.4 Å². The predicted molar refractivity (Wildman–Crippen MR) is 70.0 cm³/mol. The van der Waals surface area contributed by atoms with Crippen LogP contribution in [0.3, 0.4) is 0 Å². The molecule has 0 aliphatic carbocycles. The van der Waals surface area contributed by atoms with Gasteiger partial charge in [-0.1, -0.05) is 12.2 Å². The molecule has 0 fully saturated rings. The molecule has 0 aromatic carbocycles. The first-order valence-electron chi connectivity index (χ1n) is 5.72. The highest BCUT2D eigenvalue weighted by Gasteiger charge is 2.40. The normalized spacial score (nSPS) is 14.9. The SMILES string of the molecule is CC(=S)CCC(=O)C(O)(CC(=O)[O-])C[N+](C)(C)C. The van der Waals surface area contributed by atoms with Crippen molar-refractivity contribution in [3.63, 3.8) is 0 Å². The standard InChI is InChI=1S/C12H21NO4S/c1-9(18)5-6-10(14)12(17,7-11(15)16)8-13(2,3)4/h17H,5-8H2,1-4H3. The molecule has 6 heteroatoms. The van der Waals surface area contributed by atoms with Gasteiger partial charge in [-0.25, -0.2) is 0 Å². The van der Waals surface area contributed by atoms with Gasteiger partial charge in [0, 0.05) is 18.8 Å². The number of nitrogens with zero attached hydrogens (tertiary/aromatic N) is 1. The number of ketones is 1. The summed E-state index contributed by atoms with van der Waals surface area (Å²) < 4.78 is 0.284. The van der Waals surface area contributed by atoms with Gasteiger partial charge in [-0.05, 0) is 18.2 Å². The fraction of sp³-hybridized carbons (Fsp3) is 0.750. The van der Waals surface area contributed by atoms with Crippen LogP contribution in [0.25, 0.3) is 0 Å². The molecule has 1 unspecified atom stereocenters. The molecule has 1 N–H and O–H groups in total. The zero-order valence-corrected chi connectivity index (χ0v) is 12.2. The zero-order chi connectivity index (χ0) is 14.6. The van der Waals surface area contributed by atoms with E-state index >= 15 is 0 Å². The topological polar surface area (TPSA) is 77.4 Å². The first kappa shape index (κ1) is 17.2. The van der Waals surface area contributed by atoms with Crippen molar-refractivity contribution in [1.82, 2.24) is 0 Å². The van der Waals surface area contributed by atoms with Crippen LogP contribution >= 0.6 is 12.2 Å². The smallest absolute Gasteiger partial charge is 0.177 e. The number of carbonyl (C=O) groups is 2. The molecule has 0 aliphatic heterocycles. The van der Waals surface area contributed by atoms with Crippen LogP contribution in [0.4, 0.5) is 0 Å².